The Morgan fingerprint density at radius 3 is 2.69 bits per heavy atom. The van der Waals surface area contributed by atoms with Crippen molar-refractivity contribution in [1.82, 2.24) is 10.2 Å². The maximum atomic E-state index is 3.77. The molecule has 1 saturated carbocycles. The van der Waals surface area contributed by atoms with E-state index < -0.39 is 0 Å². The lowest BCUT2D eigenvalue weighted by Crippen LogP contribution is -2.49. The van der Waals surface area contributed by atoms with E-state index in [1.54, 1.807) is 0 Å². The van der Waals surface area contributed by atoms with Crippen molar-refractivity contribution in [3.8, 4) is 0 Å². The normalized spacial score (nSPS) is 38.2. The van der Waals surface area contributed by atoms with Gasteiger partial charge < -0.3 is 10.2 Å². The SMILES string of the molecule is CCCC1(CN(C)CC2CC2C)CCCN1. The lowest BCUT2D eigenvalue weighted by molar-refractivity contribution is 0.206. The van der Waals surface area contributed by atoms with Gasteiger partial charge in [-0.25, -0.2) is 0 Å². The van der Waals surface area contributed by atoms with Gasteiger partial charge >= 0.3 is 0 Å². The van der Waals surface area contributed by atoms with Crippen LogP contribution in [0, 0.1) is 11.8 Å². The monoisotopic (exact) mass is 224 g/mol. The Bertz CT molecular complexity index is 221. The van der Waals surface area contributed by atoms with E-state index in [0.717, 1.165) is 11.8 Å². The first-order valence-electron chi connectivity index (χ1n) is 7.09. The van der Waals surface area contributed by atoms with Crippen LogP contribution in [-0.2, 0) is 0 Å². The van der Waals surface area contributed by atoms with E-state index in [-0.39, 0.29) is 0 Å². The molecule has 1 N–H and O–H groups in total. The van der Waals surface area contributed by atoms with Crippen LogP contribution < -0.4 is 5.32 Å². The van der Waals surface area contributed by atoms with Crippen molar-refractivity contribution in [2.75, 3.05) is 26.7 Å². The minimum Gasteiger partial charge on any atom is -0.310 e. The van der Waals surface area contributed by atoms with Gasteiger partial charge in [0.05, 0.1) is 0 Å². The molecule has 0 amide bonds. The number of nitrogens with zero attached hydrogens (tertiary/aromatic N) is 1. The van der Waals surface area contributed by atoms with Gasteiger partial charge in [-0.1, -0.05) is 20.3 Å². The third-order valence-corrected chi connectivity index (χ3v) is 4.46. The van der Waals surface area contributed by atoms with Crippen molar-refractivity contribution in [3.63, 3.8) is 0 Å². The van der Waals surface area contributed by atoms with Gasteiger partial charge in [-0.3, -0.25) is 0 Å². The number of rotatable bonds is 6. The third kappa shape index (κ3) is 2.98. The zero-order valence-corrected chi connectivity index (χ0v) is 11.3. The summed E-state index contributed by atoms with van der Waals surface area (Å²) >= 11 is 0. The average molecular weight is 224 g/mol. The first-order chi connectivity index (χ1) is 7.65. The van der Waals surface area contributed by atoms with E-state index in [1.807, 2.05) is 0 Å². The molecular weight excluding hydrogens is 196 g/mol. The van der Waals surface area contributed by atoms with E-state index in [1.165, 1.54) is 51.7 Å². The molecule has 1 aliphatic heterocycles. The van der Waals surface area contributed by atoms with Crippen molar-refractivity contribution in [2.45, 2.75) is 51.5 Å². The van der Waals surface area contributed by atoms with Gasteiger partial charge in [0.15, 0.2) is 0 Å². The molecule has 16 heavy (non-hydrogen) atoms. The van der Waals surface area contributed by atoms with Crippen molar-refractivity contribution >= 4 is 0 Å². The van der Waals surface area contributed by atoms with E-state index in [2.05, 4.69) is 31.1 Å². The highest BCUT2D eigenvalue weighted by Gasteiger charge is 2.37. The summed E-state index contributed by atoms with van der Waals surface area (Å²) in [5.74, 6) is 1.98. The highest BCUT2D eigenvalue weighted by molar-refractivity contribution is 4.96. The maximum absolute atomic E-state index is 3.77. The molecule has 0 radical (unpaired) electrons. The van der Waals surface area contributed by atoms with Gasteiger partial charge in [0.25, 0.3) is 0 Å². The summed E-state index contributed by atoms with van der Waals surface area (Å²) in [7, 11) is 2.31. The molecule has 2 rings (SSSR count). The van der Waals surface area contributed by atoms with E-state index >= 15 is 0 Å². The second-order valence-corrected chi connectivity index (χ2v) is 6.23. The highest BCUT2D eigenvalue weighted by Crippen LogP contribution is 2.38. The number of nitrogens with one attached hydrogen (secondary N) is 1. The standard InChI is InChI=1S/C14H28N2/c1-4-6-14(7-5-8-15-14)11-16(3)10-13-9-12(13)2/h12-13,15H,4-11H2,1-3H3. The first-order valence-corrected chi connectivity index (χ1v) is 7.09. The second kappa shape index (κ2) is 5.05. The van der Waals surface area contributed by atoms with Gasteiger partial charge in [0.2, 0.25) is 0 Å². The quantitative estimate of drug-likeness (QED) is 0.746. The van der Waals surface area contributed by atoms with Crippen LogP contribution in [0.25, 0.3) is 0 Å². The summed E-state index contributed by atoms with van der Waals surface area (Å²) in [5, 5.41) is 3.77. The molecule has 2 nitrogen and oxygen atoms in total. The summed E-state index contributed by atoms with van der Waals surface area (Å²) in [6, 6.07) is 0. The van der Waals surface area contributed by atoms with Gasteiger partial charge in [0.1, 0.15) is 0 Å². The zero-order valence-electron chi connectivity index (χ0n) is 11.3. The summed E-state index contributed by atoms with van der Waals surface area (Å²) in [6.45, 7) is 8.49. The lowest BCUT2D eigenvalue weighted by Gasteiger charge is -2.34. The number of likely N-dealkylation sites (N-methyl/N-ethyl adjacent to an activating group) is 1. The molecule has 1 saturated heterocycles. The fourth-order valence-corrected chi connectivity index (χ4v) is 3.41. The predicted molar refractivity (Wildman–Crippen MR) is 69.6 cm³/mol. The summed E-state index contributed by atoms with van der Waals surface area (Å²) in [4.78, 5) is 2.57. The van der Waals surface area contributed by atoms with E-state index in [4.69, 9.17) is 0 Å². The Kier molecular flexibility index (Phi) is 3.91. The lowest BCUT2D eigenvalue weighted by atomic mass is 9.91. The Morgan fingerprint density at radius 1 is 1.44 bits per heavy atom. The molecule has 1 aliphatic carbocycles. The Balaban J connectivity index is 1.80. The van der Waals surface area contributed by atoms with Crippen LogP contribution in [0.2, 0.25) is 0 Å². The number of hydrogen-bond donors (Lipinski definition) is 1. The van der Waals surface area contributed by atoms with Crippen LogP contribution in [0.3, 0.4) is 0 Å². The van der Waals surface area contributed by atoms with Crippen molar-refractivity contribution in [3.05, 3.63) is 0 Å². The Hall–Kier alpha value is -0.0800. The topological polar surface area (TPSA) is 15.3 Å². The van der Waals surface area contributed by atoms with Crippen LogP contribution in [0.5, 0.6) is 0 Å². The molecule has 2 heteroatoms. The first kappa shape index (κ1) is 12.4. The molecular formula is C14H28N2. The molecule has 0 aromatic heterocycles. The van der Waals surface area contributed by atoms with Crippen LogP contribution in [0.1, 0.15) is 46.0 Å². The van der Waals surface area contributed by atoms with Crippen molar-refractivity contribution in [2.24, 2.45) is 11.8 Å². The highest BCUT2D eigenvalue weighted by atomic mass is 15.2. The second-order valence-electron chi connectivity index (χ2n) is 6.23. The third-order valence-electron chi connectivity index (χ3n) is 4.46. The molecule has 1 heterocycles. The summed E-state index contributed by atoms with van der Waals surface area (Å²) in [6.07, 6.45) is 6.86. The largest absolute Gasteiger partial charge is 0.310 e. The molecule has 0 bridgehead atoms. The van der Waals surface area contributed by atoms with Crippen LogP contribution in [0.4, 0.5) is 0 Å². The van der Waals surface area contributed by atoms with Crippen molar-refractivity contribution in [1.29, 1.82) is 0 Å². The fraction of sp³-hybridized carbons (Fsp3) is 1.00. The molecule has 3 atom stereocenters. The van der Waals surface area contributed by atoms with E-state index in [0.29, 0.717) is 5.54 Å². The summed E-state index contributed by atoms with van der Waals surface area (Å²) in [5.41, 5.74) is 0.446. The number of hydrogen-bond acceptors (Lipinski definition) is 2. The molecule has 2 aliphatic rings. The Labute approximate surface area is 101 Å². The molecule has 94 valence electrons. The molecule has 3 unspecified atom stereocenters. The zero-order chi connectivity index (χ0) is 11.6. The van der Waals surface area contributed by atoms with Crippen LogP contribution in [-0.4, -0.2) is 37.1 Å². The van der Waals surface area contributed by atoms with Gasteiger partial charge in [-0.05, 0) is 51.1 Å². The Morgan fingerprint density at radius 2 is 2.19 bits per heavy atom. The molecule has 0 aromatic rings. The molecule has 2 fully saturated rings. The smallest absolute Gasteiger partial charge is 0.0309 e. The van der Waals surface area contributed by atoms with E-state index in [9.17, 15) is 0 Å². The van der Waals surface area contributed by atoms with Crippen molar-refractivity contribution < 1.29 is 0 Å². The molecule has 0 spiro atoms. The average Bonchev–Trinajstić information content (AvgIpc) is 2.74. The van der Waals surface area contributed by atoms with Gasteiger partial charge in [-0.2, -0.15) is 0 Å². The van der Waals surface area contributed by atoms with Gasteiger partial charge in [-0.15, -0.1) is 0 Å². The maximum Gasteiger partial charge on any atom is 0.0309 e. The molecule has 0 aromatic carbocycles. The minimum atomic E-state index is 0.446. The van der Waals surface area contributed by atoms with Gasteiger partial charge in [0, 0.05) is 18.6 Å². The fourth-order valence-electron chi connectivity index (χ4n) is 3.41. The van der Waals surface area contributed by atoms with Crippen LogP contribution in [0.15, 0.2) is 0 Å². The summed E-state index contributed by atoms with van der Waals surface area (Å²) < 4.78 is 0. The van der Waals surface area contributed by atoms with Crippen LogP contribution >= 0.6 is 0 Å². The predicted octanol–water partition coefficient (Wildman–Crippen LogP) is 2.50. The minimum absolute atomic E-state index is 0.446.